The van der Waals surface area contributed by atoms with Crippen molar-refractivity contribution in [1.29, 1.82) is 0 Å². The minimum absolute atomic E-state index is 0.119. The van der Waals surface area contributed by atoms with Crippen LogP contribution in [-0.4, -0.2) is 67.2 Å². The van der Waals surface area contributed by atoms with Crippen molar-refractivity contribution in [3.8, 4) is 5.75 Å². The molecular weight excluding hydrogens is 517 g/mol. The van der Waals surface area contributed by atoms with Gasteiger partial charge in [0.25, 0.3) is 0 Å². The molecule has 0 saturated carbocycles. The number of nitrogens with one attached hydrogen (secondary N) is 1. The Balaban J connectivity index is 1.54. The number of nitrogen functional groups attached to an aromatic ring is 1. The molecule has 1 aromatic carbocycles. The molecule has 2 aromatic heterocycles. The molecule has 206 valence electrons. The van der Waals surface area contributed by atoms with Crippen molar-refractivity contribution in [2.45, 2.75) is 63.7 Å². The number of aliphatic hydroxyl groups is 1. The number of carbonyl (C=O) groups excluding carboxylic acids is 1. The van der Waals surface area contributed by atoms with Crippen LogP contribution in [0.2, 0.25) is 0 Å². The van der Waals surface area contributed by atoms with E-state index in [1.165, 1.54) is 24.0 Å². The average molecular weight is 550 g/mol. The van der Waals surface area contributed by atoms with Crippen LogP contribution in [0.1, 0.15) is 39.4 Å². The number of hydrogen-bond donors (Lipinski definition) is 4. The molecule has 6 N–H and O–H groups in total. The maximum Gasteiger partial charge on any atom is 0.459 e. The highest BCUT2D eigenvalue weighted by Crippen LogP contribution is 2.47. The lowest BCUT2D eigenvalue weighted by atomic mass is 9.87. The number of ether oxygens (including phenoxy) is 2. The van der Waals surface area contributed by atoms with E-state index in [-0.39, 0.29) is 24.4 Å². The minimum atomic E-state index is -4.18. The van der Waals surface area contributed by atoms with Crippen molar-refractivity contribution < 1.29 is 33.0 Å². The van der Waals surface area contributed by atoms with Crippen LogP contribution in [0, 0.1) is 0 Å². The zero-order valence-corrected chi connectivity index (χ0v) is 22.3. The highest BCUT2D eigenvalue weighted by molar-refractivity contribution is 7.52. The second kappa shape index (κ2) is 10.9. The second-order valence-electron chi connectivity index (χ2n) is 9.47. The van der Waals surface area contributed by atoms with Crippen LogP contribution in [0.25, 0.3) is 5.65 Å². The minimum Gasteiger partial charge on any atom is -0.462 e. The van der Waals surface area contributed by atoms with Gasteiger partial charge >= 0.3 is 13.7 Å². The van der Waals surface area contributed by atoms with Gasteiger partial charge in [0.2, 0.25) is 5.95 Å². The van der Waals surface area contributed by atoms with Gasteiger partial charge in [0, 0.05) is 5.56 Å². The molecule has 1 aliphatic rings. The first-order chi connectivity index (χ1) is 17.9. The number of anilines is 1. The molecule has 1 unspecified atom stereocenters. The SMILES string of the molecule is CC(C)OC(=O)[C@H](C)NP(=O)(OC[C@H]1O[C@@H](c2cnn3c(N)ncnc23)[C@](C)(N)[C@@H]1O)Oc1ccccc1. The molecule has 6 atom stereocenters. The third kappa shape index (κ3) is 5.80. The number of hydrogen-bond acceptors (Lipinski definition) is 12. The van der Waals surface area contributed by atoms with E-state index in [2.05, 4.69) is 20.2 Å². The van der Waals surface area contributed by atoms with E-state index >= 15 is 0 Å². The lowest BCUT2D eigenvalue weighted by molar-refractivity contribution is -0.149. The van der Waals surface area contributed by atoms with E-state index in [1.807, 2.05) is 0 Å². The first-order valence-electron chi connectivity index (χ1n) is 12.0. The van der Waals surface area contributed by atoms with Crippen LogP contribution in [0.15, 0.2) is 42.9 Å². The number of para-hydroxylation sites is 1. The van der Waals surface area contributed by atoms with E-state index in [0.29, 0.717) is 11.2 Å². The van der Waals surface area contributed by atoms with Crippen molar-refractivity contribution in [1.82, 2.24) is 24.7 Å². The Morgan fingerprint density at radius 2 is 2.00 bits per heavy atom. The zero-order valence-electron chi connectivity index (χ0n) is 21.4. The third-order valence-corrected chi connectivity index (χ3v) is 7.58. The van der Waals surface area contributed by atoms with Gasteiger partial charge in [-0.15, -0.1) is 0 Å². The van der Waals surface area contributed by atoms with Crippen LogP contribution in [0.4, 0.5) is 5.95 Å². The third-order valence-electron chi connectivity index (χ3n) is 5.94. The van der Waals surface area contributed by atoms with Crippen molar-refractivity contribution >= 4 is 25.3 Å². The Bertz CT molecular complexity index is 1320. The van der Waals surface area contributed by atoms with Crippen molar-refractivity contribution in [2.75, 3.05) is 12.3 Å². The number of nitrogens with two attached hydrogens (primary N) is 2. The van der Waals surface area contributed by atoms with E-state index in [4.69, 9.17) is 30.0 Å². The topological polar surface area (TPSA) is 198 Å². The standard InChI is InChI=1S/C23H32N7O7P/c1-13(2)35-21(32)14(3)29-38(33,37-15-8-6-5-7-9-15)34-11-17-18(31)23(4,25)19(36-17)16-10-28-30-20(16)26-12-27-22(30)24/h5-10,12-14,17-19,31H,11,25H2,1-4H3,(H,29,33)(H2,24,26,27)/t14-,17+,18+,19-,23+,38?/m0/s1. The summed E-state index contributed by atoms with van der Waals surface area (Å²) in [4.78, 5) is 20.5. The normalized spacial score (nSPS) is 25.8. The lowest BCUT2D eigenvalue weighted by Crippen LogP contribution is -2.51. The number of aliphatic hydroxyl groups excluding tert-OH is 1. The maximum atomic E-state index is 13.8. The Morgan fingerprint density at radius 1 is 1.29 bits per heavy atom. The van der Waals surface area contributed by atoms with Crippen LogP contribution in [0.3, 0.4) is 0 Å². The van der Waals surface area contributed by atoms with Crippen LogP contribution in [0.5, 0.6) is 5.75 Å². The number of fused-ring (bicyclic) bond motifs is 1. The summed E-state index contributed by atoms with van der Waals surface area (Å²) < 4.78 is 37.7. The van der Waals surface area contributed by atoms with Gasteiger partial charge in [0.15, 0.2) is 5.65 Å². The molecule has 0 bridgehead atoms. The number of carbonyl (C=O) groups is 1. The molecule has 3 aromatic rings. The first-order valence-corrected chi connectivity index (χ1v) is 13.5. The highest BCUT2D eigenvalue weighted by Gasteiger charge is 2.53. The van der Waals surface area contributed by atoms with Gasteiger partial charge in [-0.05, 0) is 39.8 Å². The summed E-state index contributed by atoms with van der Waals surface area (Å²) in [6.07, 6.45) is -0.723. The molecule has 4 rings (SSSR count). The molecule has 1 fully saturated rings. The van der Waals surface area contributed by atoms with Gasteiger partial charge in [-0.2, -0.15) is 14.7 Å². The molecule has 0 amide bonds. The molecule has 1 aliphatic heterocycles. The largest absolute Gasteiger partial charge is 0.462 e. The van der Waals surface area contributed by atoms with Crippen molar-refractivity contribution in [3.05, 3.63) is 48.4 Å². The smallest absolute Gasteiger partial charge is 0.459 e. The number of benzene rings is 1. The summed E-state index contributed by atoms with van der Waals surface area (Å²) in [5.74, 6) is -0.277. The van der Waals surface area contributed by atoms with Crippen LogP contribution < -0.4 is 21.1 Å². The van der Waals surface area contributed by atoms with Gasteiger partial charge in [-0.3, -0.25) is 9.32 Å². The Kier molecular flexibility index (Phi) is 8.02. The van der Waals surface area contributed by atoms with Crippen molar-refractivity contribution in [3.63, 3.8) is 0 Å². The fraction of sp³-hybridized carbons (Fsp3) is 0.478. The Morgan fingerprint density at radius 3 is 2.68 bits per heavy atom. The summed E-state index contributed by atoms with van der Waals surface area (Å²) in [5.41, 5.74) is 11.9. The predicted molar refractivity (Wildman–Crippen MR) is 136 cm³/mol. The van der Waals surface area contributed by atoms with Gasteiger partial charge in [0.1, 0.15) is 36.4 Å². The molecular formula is C23H32N7O7P. The quantitative estimate of drug-likeness (QED) is 0.209. The predicted octanol–water partition coefficient (Wildman–Crippen LogP) is 1.36. The molecule has 1 saturated heterocycles. The van der Waals surface area contributed by atoms with E-state index < -0.39 is 43.6 Å². The lowest BCUT2D eigenvalue weighted by Gasteiger charge is -2.27. The molecule has 38 heavy (non-hydrogen) atoms. The van der Waals surface area contributed by atoms with Gasteiger partial charge < -0.3 is 30.6 Å². The summed E-state index contributed by atoms with van der Waals surface area (Å²) in [6.45, 7) is 6.10. The summed E-state index contributed by atoms with van der Waals surface area (Å²) in [5, 5.41) is 17.8. The zero-order chi connectivity index (χ0) is 27.7. The van der Waals surface area contributed by atoms with Crippen molar-refractivity contribution in [2.24, 2.45) is 5.73 Å². The van der Waals surface area contributed by atoms with E-state index in [9.17, 15) is 14.5 Å². The second-order valence-corrected chi connectivity index (χ2v) is 11.2. The molecule has 0 radical (unpaired) electrons. The molecule has 0 aliphatic carbocycles. The molecule has 14 nitrogen and oxygen atoms in total. The Hall–Kier alpha value is -3.13. The Labute approximate surface area is 219 Å². The monoisotopic (exact) mass is 549 g/mol. The molecule has 15 heteroatoms. The number of esters is 1. The van der Waals surface area contributed by atoms with Gasteiger partial charge in [-0.1, -0.05) is 18.2 Å². The fourth-order valence-electron chi connectivity index (χ4n) is 4.03. The van der Waals surface area contributed by atoms with E-state index in [1.54, 1.807) is 51.1 Å². The van der Waals surface area contributed by atoms with Crippen LogP contribution in [-0.2, 0) is 23.4 Å². The van der Waals surface area contributed by atoms with Gasteiger partial charge in [0.05, 0.1) is 24.4 Å². The molecule has 3 heterocycles. The van der Waals surface area contributed by atoms with Gasteiger partial charge in [-0.25, -0.2) is 14.5 Å². The first kappa shape index (κ1) is 27.9. The number of aromatic nitrogens is 4. The summed E-state index contributed by atoms with van der Waals surface area (Å²) >= 11 is 0. The maximum absolute atomic E-state index is 13.8. The molecule has 0 spiro atoms. The summed E-state index contributed by atoms with van der Waals surface area (Å²) in [6, 6.07) is 7.29. The fourth-order valence-corrected chi connectivity index (χ4v) is 5.53. The number of rotatable bonds is 10. The van der Waals surface area contributed by atoms with E-state index in [0.717, 1.165) is 0 Å². The highest BCUT2D eigenvalue weighted by atomic mass is 31.2. The van der Waals surface area contributed by atoms with Crippen LogP contribution >= 0.6 is 7.75 Å². The summed E-state index contributed by atoms with van der Waals surface area (Å²) in [7, 11) is -4.18. The number of nitrogens with zero attached hydrogens (tertiary/aromatic N) is 4. The average Bonchev–Trinajstić information content (AvgIpc) is 3.37.